The van der Waals surface area contributed by atoms with Crippen LogP contribution in [0.4, 0.5) is 0 Å². The van der Waals surface area contributed by atoms with Crippen LogP contribution in [-0.4, -0.2) is 43.6 Å². The Morgan fingerprint density at radius 2 is 1.90 bits per heavy atom. The molecule has 1 aliphatic rings. The molecule has 1 aromatic rings. The minimum atomic E-state index is -0.486. The number of piperidine rings is 1. The zero-order valence-electron chi connectivity index (χ0n) is 11.5. The van der Waals surface area contributed by atoms with Gasteiger partial charge < -0.3 is 14.4 Å². The topological polar surface area (TPSA) is 55.8 Å². The molecule has 1 saturated heterocycles. The molecule has 2 rings (SSSR count). The van der Waals surface area contributed by atoms with E-state index in [2.05, 4.69) is 36.6 Å². The van der Waals surface area contributed by atoms with Gasteiger partial charge in [0.2, 0.25) is 0 Å². The lowest BCUT2D eigenvalue weighted by molar-refractivity contribution is -0.142. The average Bonchev–Trinajstić information content (AvgIpc) is 2.80. The summed E-state index contributed by atoms with van der Waals surface area (Å²) >= 11 is 8.07. The fourth-order valence-electron chi connectivity index (χ4n) is 2.07. The van der Waals surface area contributed by atoms with Gasteiger partial charge in [0.1, 0.15) is 4.88 Å². The van der Waals surface area contributed by atoms with Gasteiger partial charge in [-0.15, -0.1) is 11.3 Å². The molecule has 116 valence electrons. The first-order chi connectivity index (χ1) is 10.0. The van der Waals surface area contributed by atoms with Crippen molar-refractivity contribution >= 4 is 55.1 Å². The number of ether oxygens (including phenoxy) is 2. The van der Waals surface area contributed by atoms with Crippen molar-refractivity contribution in [2.45, 2.75) is 19.3 Å². The van der Waals surface area contributed by atoms with Gasteiger partial charge in [-0.25, -0.2) is 4.79 Å². The first-order valence-corrected chi connectivity index (χ1v) is 8.91. The van der Waals surface area contributed by atoms with Crippen molar-refractivity contribution < 1.29 is 19.1 Å². The monoisotopic (exact) mass is 439 g/mol. The number of likely N-dealkylation sites (tertiary alicyclic amines) is 1. The molecule has 0 spiro atoms. The summed E-state index contributed by atoms with van der Waals surface area (Å²) in [7, 11) is 1.30. The third-order valence-corrected chi connectivity index (χ3v) is 6.55. The normalized spacial score (nSPS) is 14.9. The van der Waals surface area contributed by atoms with Crippen LogP contribution in [0, 0.1) is 0 Å². The van der Waals surface area contributed by atoms with Crippen molar-refractivity contribution in [3.8, 4) is 5.75 Å². The van der Waals surface area contributed by atoms with Crippen LogP contribution >= 0.6 is 43.2 Å². The van der Waals surface area contributed by atoms with E-state index in [-0.39, 0.29) is 12.5 Å². The molecule has 0 saturated carbocycles. The number of carbonyl (C=O) groups excluding carboxylic acids is 2. The number of nitrogens with zero attached hydrogens (tertiary/aromatic N) is 1. The molecule has 1 amide bonds. The molecule has 1 aliphatic heterocycles. The molecule has 0 aliphatic carbocycles. The van der Waals surface area contributed by atoms with Gasteiger partial charge in [-0.3, -0.25) is 4.79 Å². The lowest BCUT2D eigenvalue weighted by Gasteiger charge is -2.26. The summed E-state index contributed by atoms with van der Waals surface area (Å²) in [4.78, 5) is 26.2. The number of esters is 1. The summed E-state index contributed by atoms with van der Waals surface area (Å²) < 4.78 is 11.4. The van der Waals surface area contributed by atoms with Crippen LogP contribution in [0.15, 0.2) is 8.26 Å². The van der Waals surface area contributed by atoms with Crippen molar-refractivity contribution in [2.24, 2.45) is 0 Å². The van der Waals surface area contributed by atoms with E-state index in [1.165, 1.54) is 18.4 Å². The van der Waals surface area contributed by atoms with E-state index in [0.29, 0.717) is 15.1 Å². The lowest BCUT2D eigenvalue weighted by Crippen LogP contribution is -2.35. The van der Waals surface area contributed by atoms with E-state index in [4.69, 9.17) is 4.74 Å². The zero-order valence-corrected chi connectivity index (χ0v) is 15.5. The quantitative estimate of drug-likeness (QED) is 0.672. The molecule has 2 heterocycles. The molecule has 0 atom stereocenters. The minimum absolute atomic E-state index is 0.0500. The van der Waals surface area contributed by atoms with Gasteiger partial charge in [-0.1, -0.05) is 0 Å². The van der Waals surface area contributed by atoms with Crippen LogP contribution in [0.2, 0.25) is 0 Å². The van der Waals surface area contributed by atoms with Crippen LogP contribution in [0.25, 0.3) is 0 Å². The van der Waals surface area contributed by atoms with Gasteiger partial charge in [0, 0.05) is 13.1 Å². The van der Waals surface area contributed by atoms with Gasteiger partial charge in [-0.05, 0) is 51.1 Å². The van der Waals surface area contributed by atoms with Gasteiger partial charge >= 0.3 is 5.97 Å². The highest BCUT2D eigenvalue weighted by atomic mass is 79.9. The Hall–Kier alpha value is -0.600. The molecule has 0 radical (unpaired) electrons. The maximum atomic E-state index is 12.6. The maximum absolute atomic E-state index is 12.6. The first-order valence-electron chi connectivity index (χ1n) is 6.51. The van der Waals surface area contributed by atoms with E-state index in [1.54, 1.807) is 0 Å². The Morgan fingerprint density at radius 1 is 1.24 bits per heavy atom. The molecule has 0 bridgehead atoms. The standard InChI is InChI=1S/C13H15Br2NO4S/c1-19-8(17)7-20-10-9(14)12(15)21-11(10)13(18)16-5-3-2-4-6-16/h2-7H2,1H3. The summed E-state index contributed by atoms with van der Waals surface area (Å²) in [5.41, 5.74) is 0. The van der Waals surface area contributed by atoms with Crippen molar-refractivity contribution in [1.82, 2.24) is 4.90 Å². The van der Waals surface area contributed by atoms with Crippen LogP contribution < -0.4 is 4.74 Å². The van der Waals surface area contributed by atoms with Gasteiger partial charge in [-0.2, -0.15) is 0 Å². The molecule has 0 unspecified atom stereocenters. The number of rotatable bonds is 4. The third kappa shape index (κ3) is 3.98. The van der Waals surface area contributed by atoms with Crippen LogP contribution in [0.5, 0.6) is 5.75 Å². The molecule has 0 aromatic carbocycles. The van der Waals surface area contributed by atoms with E-state index in [9.17, 15) is 9.59 Å². The number of amides is 1. The van der Waals surface area contributed by atoms with E-state index >= 15 is 0 Å². The van der Waals surface area contributed by atoms with Crippen LogP contribution in [-0.2, 0) is 9.53 Å². The Bertz CT molecular complexity index is 541. The third-order valence-electron chi connectivity index (χ3n) is 3.17. The summed E-state index contributed by atoms with van der Waals surface area (Å²) in [5.74, 6) is -0.139. The fraction of sp³-hybridized carbons (Fsp3) is 0.538. The lowest BCUT2D eigenvalue weighted by atomic mass is 10.1. The number of hydrogen-bond acceptors (Lipinski definition) is 5. The highest BCUT2D eigenvalue weighted by Gasteiger charge is 2.27. The Kier molecular flexibility index (Phi) is 6.07. The highest BCUT2D eigenvalue weighted by Crippen LogP contribution is 2.43. The Labute approximate surface area is 143 Å². The summed E-state index contributed by atoms with van der Waals surface area (Å²) in [5, 5.41) is 0. The average molecular weight is 441 g/mol. The largest absolute Gasteiger partial charge is 0.479 e. The second-order valence-electron chi connectivity index (χ2n) is 4.57. The number of carbonyl (C=O) groups is 2. The van der Waals surface area contributed by atoms with Crippen molar-refractivity contribution in [1.29, 1.82) is 0 Å². The number of methoxy groups -OCH3 is 1. The van der Waals surface area contributed by atoms with Gasteiger partial charge in [0.05, 0.1) is 15.4 Å². The van der Waals surface area contributed by atoms with Crippen LogP contribution in [0.1, 0.15) is 28.9 Å². The number of halogens is 2. The highest BCUT2D eigenvalue weighted by molar-refractivity contribution is 9.13. The Balaban J connectivity index is 2.19. The first kappa shape index (κ1) is 16.8. The van der Waals surface area contributed by atoms with Crippen molar-refractivity contribution in [3.05, 3.63) is 13.1 Å². The van der Waals surface area contributed by atoms with Crippen molar-refractivity contribution in [3.63, 3.8) is 0 Å². The van der Waals surface area contributed by atoms with Crippen molar-refractivity contribution in [2.75, 3.05) is 26.8 Å². The SMILES string of the molecule is COC(=O)COc1c(C(=O)N2CCCCC2)sc(Br)c1Br. The number of hydrogen-bond donors (Lipinski definition) is 0. The zero-order chi connectivity index (χ0) is 15.4. The second-order valence-corrected chi connectivity index (χ2v) is 7.70. The van der Waals surface area contributed by atoms with E-state index in [0.717, 1.165) is 36.1 Å². The Morgan fingerprint density at radius 3 is 2.52 bits per heavy atom. The second kappa shape index (κ2) is 7.60. The molecule has 21 heavy (non-hydrogen) atoms. The molecule has 8 heteroatoms. The van der Waals surface area contributed by atoms with Crippen LogP contribution in [0.3, 0.4) is 0 Å². The summed E-state index contributed by atoms with van der Waals surface area (Å²) in [6, 6.07) is 0. The smallest absolute Gasteiger partial charge is 0.343 e. The molecule has 1 fully saturated rings. The van der Waals surface area contributed by atoms with Gasteiger partial charge in [0.15, 0.2) is 12.4 Å². The maximum Gasteiger partial charge on any atom is 0.343 e. The predicted octanol–water partition coefficient (Wildman–Crippen LogP) is 3.45. The fourth-order valence-corrected chi connectivity index (χ4v) is 4.25. The summed E-state index contributed by atoms with van der Waals surface area (Å²) in [6.45, 7) is 1.31. The molecular formula is C13H15Br2NO4S. The van der Waals surface area contributed by atoms with E-state index < -0.39 is 5.97 Å². The number of thiophene rings is 1. The van der Waals surface area contributed by atoms with Gasteiger partial charge in [0.25, 0.3) is 5.91 Å². The molecule has 5 nitrogen and oxygen atoms in total. The van der Waals surface area contributed by atoms with E-state index in [1.807, 2.05) is 4.90 Å². The molecule has 0 N–H and O–H groups in total. The summed E-state index contributed by atoms with van der Waals surface area (Å²) in [6.07, 6.45) is 3.21. The minimum Gasteiger partial charge on any atom is -0.479 e. The molecular weight excluding hydrogens is 426 g/mol. The molecule has 1 aromatic heterocycles. The predicted molar refractivity (Wildman–Crippen MR) is 87.0 cm³/mol.